The third-order valence-corrected chi connectivity index (χ3v) is 3.94. The fourth-order valence-electron chi connectivity index (χ4n) is 2.72. The number of hydrogen-bond donors (Lipinski definition) is 1. The summed E-state index contributed by atoms with van der Waals surface area (Å²) >= 11 is 0. The van der Waals surface area contributed by atoms with Gasteiger partial charge in [0.2, 0.25) is 5.91 Å². The van der Waals surface area contributed by atoms with Crippen molar-refractivity contribution in [3.63, 3.8) is 0 Å². The Hall–Kier alpha value is -2.44. The van der Waals surface area contributed by atoms with E-state index in [1.54, 1.807) is 13.1 Å². The molecule has 3 heterocycles. The zero-order chi connectivity index (χ0) is 16.4. The zero-order valence-electron chi connectivity index (χ0n) is 13.6. The quantitative estimate of drug-likeness (QED) is 0.907. The second-order valence-corrected chi connectivity index (χ2v) is 6.10. The van der Waals surface area contributed by atoms with Gasteiger partial charge in [-0.15, -0.1) is 0 Å². The second-order valence-electron chi connectivity index (χ2n) is 6.10. The van der Waals surface area contributed by atoms with Crippen molar-refractivity contribution in [1.29, 1.82) is 0 Å². The molecular formula is C16H21N5O2. The minimum atomic E-state index is 0.133. The highest BCUT2D eigenvalue weighted by molar-refractivity contribution is 5.78. The number of nitrogens with zero attached hydrogens (tertiary/aromatic N) is 4. The lowest BCUT2D eigenvalue weighted by atomic mass is 10.2. The first kappa shape index (κ1) is 15.5. The molecule has 0 saturated carbocycles. The maximum atomic E-state index is 11.4. The molecule has 1 saturated heterocycles. The molecule has 1 fully saturated rings. The molecule has 0 spiro atoms. The van der Waals surface area contributed by atoms with Gasteiger partial charge in [-0.2, -0.15) is 4.98 Å². The Balaban J connectivity index is 1.76. The number of rotatable bonds is 5. The Kier molecular flexibility index (Phi) is 4.27. The molecular weight excluding hydrogens is 294 g/mol. The molecule has 2 aromatic rings. The minimum absolute atomic E-state index is 0.133. The summed E-state index contributed by atoms with van der Waals surface area (Å²) in [6.45, 7) is 6.78. The molecule has 2 aromatic heterocycles. The van der Waals surface area contributed by atoms with E-state index in [4.69, 9.17) is 4.52 Å². The van der Waals surface area contributed by atoms with Crippen LogP contribution in [0.3, 0.4) is 0 Å². The molecule has 7 heteroatoms. The van der Waals surface area contributed by atoms with Gasteiger partial charge in [-0.05, 0) is 39.3 Å². The molecule has 1 N–H and O–H groups in total. The van der Waals surface area contributed by atoms with Gasteiger partial charge in [-0.25, -0.2) is 4.98 Å². The average molecular weight is 315 g/mol. The average Bonchev–Trinajstić information content (AvgIpc) is 3.13. The monoisotopic (exact) mass is 315 g/mol. The standard InChI is InChI=1S/C16H21N5O2/c1-10(2)21(9-13-5-7-15(22)19-13)14-6-4-12(8-17-14)16-18-11(3)20-23-16/h4,6,8,10,13H,5,7,9H2,1-3H3,(H,19,22). The van der Waals surface area contributed by atoms with Gasteiger partial charge in [0.05, 0.1) is 5.56 Å². The van der Waals surface area contributed by atoms with E-state index < -0.39 is 0 Å². The largest absolute Gasteiger partial charge is 0.352 e. The van der Waals surface area contributed by atoms with E-state index >= 15 is 0 Å². The van der Waals surface area contributed by atoms with Crippen LogP contribution in [0.5, 0.6) is 0 Å². The Morgan fingerprint density at radius 3 is 2.78 bits per heavy atom. The summed E-state index contributed by atoms with van der Waals surface area (Å²) in [6.07, 6.45) is 3.23. The Labute approximate surface area is 135 Å². The first-order valence-corrected chi connectivity index (χ1v) is 7.85. The van der Waals surface area contributed by atoms with E-state index in [9.17, 15) is 4.79 Å². The lowest BCUT2D eigenvalue weighted by molar-refractivity contribution is -0.119. The highest BCUT2D eigenvalue weighted by atomic mass is 16.5. The van der Waals surface area contributed by atoms with Crippen molar-refractivity contribution in [2.45, 2.75) is 45.7 Å². The molecule has 0 bridgehead atoms. The molecule has 1 amide bonds. The first-order chi connectivity index (χ1) is 11.0. The van der Waals surface area contributed by atoms with Crippen LogP contribution < -0.4 is 10.2 Å². The van der Waals surface area contributed by atoms with Crippen LogP contribution in [0.25, 0.3) is 11.5 Å². The number of aryl methyl sites for hydroxylation is 1. The zero-order valence-corrected chi connectivity index (χ0v) is 13.6. The van der Waals surface area contributed by atoms with Crippen LogP contribution in [-0.4, -0.2) is 39.7 Å². The van der Waals surface area contributed by atoms with Crippen molar-refractivity contribution in [3.8, 4) is 11.5 Å². The maximum absolute atomic E-state index is 11.4. The number of aromatic nitrogens is 3. The predicted octanol–water partition coefficient (Wildman–Crippen LogP) is 1.93. The van der Waals surface area contributed by atoms with Crippen LogP contribution >= 0.6 is 0 Å². The molecule has 1 atom stereocenters. The molecule has 23 heavy (non-hydrogen) atoms. The predicted molar refractivity (Wildman–Crippen MR) is 85.9 cm³/mol. The van der Waals surface area contributed by atoms with Crippen molar-refractivity contribution in [3.05, 3.63) is 24.2 Å². The molecule has 1 aliphatic rings. The van der Waals surface area contributed by atoms with E-state index in [0.29, 0.717) is 18.1 Å². The summed E-state index contributed by atoms with van der Waals surface area (Å²) in [7, 11) is 0. The van der Waals surface area contributed by atoms with Gasteiger partial charge in [-0.3, -0.25) is 4.79 Å². The molecule has 1 aliphatic heterocycles. The second kappa shape index (κ2) is 6.36. The van der Waals surface area contributed by atoms with Crippen molar-refractivity contribution in [2.24, 2.45) is 0 Å². The van der Waals surface area contributed by atoms with E-state index in [1.807, 2.05) is 12.1 Å². The number of anilines is 1. The van der Waals surface area contributed by atoms with Crippen LogP contribution in [0.4, 0.5) is 5.82 Å². The number of hydrogen-bond acceptors (Lipinski definition) is 6. The lowest BCUT2D eigenvalue weighted by Crippen LogP contribution is -2.42. The van der Waals surface area contributed by atoms with Crippen molar-refractivity contribution in [2.75, 3.05) is 11.4 Å². The molecule has 0 aliphatic carbocycles. The summed E-state index contributed by atoms with van der Waals surface area (Å²) in [5.74, 6) is 2.08. The first-order valence-electron chi connectivity index (χ1n) is 7.85. The number of carbonyl (C=O) groups is 1. The summed E-state index contributed by atoms with van der Waals surface area (Å²) in [4.78, 5) is 22.3. The molecule has 1 unspecified atom stereocenters. The van der Waals surface area contributed by atoms with E-state index in [1.165, 1.54) is 0 Å². The smallest absolute Gasteiger partial charge is 0.259 e. The number of carbonyl (C=O) groups excluding carboxylic acids is 1. The lowest BCUT2D eigenvalue weighted by Gasteiger charge is -2.30. The SMILES string of the molecule is Cc1noc(-c2ccc(N(CC3CCC(=O)N3)C(C)C)nc2)n1. The molecule has 7 nitrogen and oxygen atoms in total. The molecule has 0 aromatic carbocycles. The van der Waals surface area contributed by atoms with Crippen molar-refractivity contribution in [1.82, 2.24) is 20.4 Å². The Morgan fingerprint density at radius 2 is 2.26 bits per heavy atom. The third kappa shape index (κ3) is 3.49. The van der Waals surface area contributed by atoms with Crippen LogP contribution in [0, 0.1) is 6.92 Å². The van der Waals surface area contributed by atoms with Crippen LogP contribution in [0.15, 0.2) is 22.9 Å². The van der Waals surface area contributed by atoms with Gasteiger partial charge < -0.3 is 14.7 Å². The van der Waals surface area contributed by atoms with Crippen molar-refractivity contribution < 1.29 is 9.32 Å². The molecule has 0 radical (unpaired) electrons. The Bertz CT molecular complexity index is 680. The van der Waals surface area contributed by atoms with Crippen LogP contribution in [0.1, 0.15) is 32.5 Å². The van der Waals surface area contributed by atoms with Crippen LogP contribution in [0.2, 0.25) is 0 Å². The normalized spacial score (nSPS) is 17.6. The molecule has 122 valence electrons. The summed E-state index contributed by atoms with van der Waals surface area (Å²) in [6, 6.07) is 4.35. The number of amides is 1. The van der Waals surface area contributed by atoms with Gasteiger partial charge in [0.1, 0.15) is 5.82 Å². The fourth-order valence-corrected chi connectivity index (χ4v) is 2.72. The van der Waals surface area contributed by atoms with E-state index in [-0.39, 0.29) is 18.0 Å². The highest BCUT2D eigenvalue weighted by Crippen LogP contribution is 2.21. The number of pyridine rings is 1. The van der Waals surface area contributed by atoms with Gasteiger partial charge in [0.15, 0.2) is 5.82 Å². The topological polar surface area (TPSA) is 84.2 Å². The van der Waals surface area contributed by atoms with Crippen LogP contribution in [-0.2, 0) is 4.79 Å². The minimum Gasteiger partial charge on any atom is -0.352 e. The Morgan fingerprint density at radius 1 is 1.43 bits per heavy atom. The van der Waals surface area contributed by atoms with Gasteiger partial charge in [0.25, 0.3) is 5.89 Å². The number of nitrogens with one attached hydrogen (secondary N) is 1. The van der Waals surface area contributed by atoms with Gasteiger partial charge in [0, 0.05) is 31.2 Å². The summed E-state index contributed by atoms with van der Waals surface area (Å²) < 4.78 is 5.16. The van der Waals surface area contributed by atoms with Gasteiger partial charge >= 0.3 is 0 Å². The highest BCUT2D eigenvalue weighted by Gasteiger charge is 2.25. The molecule has 3 rings (SSSR count). The maximum Gasteiger partial charge on any atom is 0.259 e. The summed E-state index contributed by atoms with van der Waals surface area (Å²) in [5.41, 5.74) is 0.798. The third-order valence-electron chi connectivity index (χ3n) is 3.94. The van der Waals surface area contributed by atoms with Crippen molar-refractivity contribution >= 4 is 11.7 Å². The van der Waals surface area contributed by atoms with E-state index in [2.05, 4.69) is 39.2 Å². The fraction of sp³-hybridized carbons (Fsp3) is 0.500. The van der Waals surface area contributed by atoms with E-state index in [0.717, 1.165) is 24.3 Å². The van der Waals surface area contributed by atoms with Gasteiger partial charge in [-0.1, -0.05) is 5.16 Å². The summed E-state index contributed by atoms with van der Waals surface area (Å²) in [5, 5.41) is 6.80.